The first-order valence-electron chi connectivity index (χ1n) is 8.82. The number of nitrogens with two attached hydrogens (primary N) is 1. The van der Waals surface area contributed by atoms with Gasteiger partial charge in [0.2, 0.25) is 11.9 Å². The normalized spacial score (nSPS) is 11.6. The van der Waals surface area contributed by atoms with Gasteiger partial charge < -0.3 is 20.5 Å². The van der Waals surface area contributed by atoms with Gasteiger partial charge in [-0.3, -0.25) is 0 Å². The van der Waals surface area contributed by atoms with Crippen molar-refractivity contribution in [1.29, 1.82) is 0 Å². The molecule has 0 bridgehead atoms. The van der Waals surface area contributed by atoms with Gasteiger partial charge in [0.05, 0.1) is 0 Å². The highest BCUT2D eigenvalue weighted by molar-refractivity contribution is 5.74. The van der Waals surface area contributed by atoms with Gasteiger partial charge in [0.25, 0.3) is 0 Å². The lowest BCUT2D eigenvalue weighted by Gasteiger charge is -2.14. The molecule has 0 aliphatic heterocycles. The number of anilines is 3. The Labute approximate surface area is 166 Å². The van der Waals surface area contributed by atoms with Crippen LogP contribution in [0.4, 0.5) is 22.0 Å². The minimum atomic E-state index is -0.898. The molecule has 0 aliphatic rings. The Hall–Kier alpha value is -3.75. The number of nitrogen functional groups attached to an aromatic ring is 1. The lowest BCUT2D eigenvalue weighted by atomic mass is 10.2. The summed E-state index contributed by atoms with van der Waals surface area (Å²) in [5, 5.41) is 3.02. The van der Waals surface area contributed by atoms with E-state index in [1.54, 1.807) is 0 Å². The van der Waals surface area contributed by atoms with Crippen LogP contribution in [0.1, 0.15) is 18.3 Å². The molecule has 0 spiro atoms. The van der Waals surface area contributed by atoms with Crippen LogP contribution in [0.2, 0.25) is 0 Å². The molecule has 0 unspecified atom stereocenters. The lowest BCUT2D eigenvalue weighted by molar-refractivity contribution is -0.152. The molecule has 3 rings (SSSR count). The molecule has 9 heteroatoms. The molecule has 0 saturated heterocycles. The van der Waals surface area contributed by atoms with Crippen LogP contribution >= 0.6 is 0 Å². The third kappa shape index (κ3) is 5.86. The number of carbonyl (C=O) groups is 1. The van der Waals surface area contributed by atoms with Crippen LogP contribution in [-0.4, -0.2) is 27.0 Å². The standard InChI is InChI=1S/C20H20FN5O3/c1-12-3-7-15(8-4-12)23-20-25-17(24-19(22)26-20)11-28-18(27)13(2)29-16-9-5-14(21)6-10-16/h3-10,13H,11H2,1-2H3,(H3,22,23,24,25,26)/t13-/m0/s1. The fraction of sp³-hybridized carbons (Fsp3) is 0.200. The van der Waals surface area contributed by atoms with E-state index in [9.17, 15) is 9.18 Å². The number of nitrogens with zero attached hydrogens (tertiary/aromatic N) is 3. The first kappa shape index (κ1) is 20.0. The van der Waals surface area contributed by atoms with E-state index in [4.69, 9.17) is 15.2 Å². The van der Waals surface area contributed by atoms with E-state index in [-0.39, 0.29) is 24.3 Å². The van der Waals surface area contributed by atoms with E-state index >= 15 is 0 Å². The lowest BCUT2D eigenvalue weighted by Crippen LogP contribution is -2.26. The number of hydrogen-bond donors (Lipinski definition) is 2. The average Bonchev–Trinajstić information content (AvgIpc) is 2.69. The Morgan fingerprint density at radius 3 is 2.48 bits per heavy atom. The first-order chi connectivity index (χ1) is 13.9. The van der Waals surface area contributed by atoms with Crippen LogP contribution in [0.15, 0.2) is 48.5 Å². The zero-order chi connectivity index (χ0) is 20.8. The Morgan fingerprint density at radius 1 is 1.10 bits per heavy atom. The van der Waals surface area contributed by atoms with Crippen molar-refractivity contribution in [3.05, 3.63) is 65.7 Å². The highest BCUT2D eigenvalue weighted by Gasteiger charge is 2.17. The Balaban J connectivity index is 1.59. The molecule has 2 aromatic carbocycles. The smallest absolute Gasteiger partial charge is 0.347 e. The predicted octanol–water partition coefficient (Wildman–Crippen LogP) is 3.16. The molecule has 1 heterocycles. The number of carbonyl (C=O) groups excluding carboxylic acids is 1. The van der Waals surface area contributed by atoms with Crippen molar-refractivity contribution >= 4 is 23.6 Å². The van der Waals surface area contributed by atoms with E-state index in [1.807, 2.05) is 31.2 Å². The second-order valence-electron chi connectivity index (χ2n) is 6.25. The SMILES string of the molecule is Cc1ccc(Nc2nc(N)nc(COC(=O)[C@H](C)Oc3ccc(F)cc3)n2)cc1. The van der Waals surface area contributed by atoms with Crippen molar-refractivity contribution in [3.63, 3.8) is 0 Å². The van der Waals surface area contributed by atoms with Gasteiger partial charge >= 0.3 is 5.97 Å². The van der Waals surface area contributed by atoms with Crippen molar-refractivity contribution in [2.45, 2.75) is 26.6 Å². The number of aryl methyl sites for hydroxylation is 1. The van der Waals surface area contributed by atoms with Crippen LogP contribution in [0.5, 0.6) is 5.75 Å². The molecule has 0 fully saturated rings. The summed E-state index contributed by atoms with van der Waals surface area (Å²) in [4.78, 5) is 24.3. The fourth-order valence-corrected chi connectivity index (χ4v) is 2.34. The van der Waals surface area contributed by atoms with Crippen LogP contribution in [0, 0.1) is 12.7 Å². The molecule has 29 heavy (non-hydrogen) atoms. The van der Waals surface area contributed by atoms with Crippen LogP contribution in [0.25, 0.3) is 0 Å². The van der Waals surface area contributed by atoms with Gasteiger partial charge in [0, 0.05) is 5.69 Å². The van der Waals surface area contributed by atoms with Crippen molar-refractivity contribution < 1.29 is 18.7 Å². The maximum Gasteiger partial charge on any atom is 0.347 e. The molecular formula is C20H20FN5O3. The maximum atomic E-state index is 12.9. The van der Waals surface area contributed by atoms with E-state index in [1.165, 1.54) is 31.2 Å². The summed E-state index contributed by atoms with van der Waals surface area (Å²) >= 11 is 0. The highest BCUT2D eigenvalue weighted by Crippen LogP contribution is 2.16. The molecular weight excluding hydrogens is 377 g/mol. The van der Waals surface area contributed by atoms with Crippen LogP contribution in [-0.2, 0) is 16.1 Å². The third-order valence-corrected chi connectivity index (χ3v) is 3.81. The monoisotopic (exact) mass is 397 g/mol. The molecule has 0 radical (unpaired) electrons. The second-order valence-corrected chi connectivity index (χ2v) is 6.25. The number of esters is 1. The number of aromatic nitrogens is 3. The minimum absolute atomic E-state index is 0.00345. The van der Waals surface area contributed by atoms with Gasteiger partial charge in [0.1, 0.15) is 11.6 Å². The average molecular weight is 397 g/mol. The largest absolute Gasteiger partial charge is 0.479 e. The van der Waals surface area contributed by atoms with Gasteiger partial charge in [0.15, 0.2) is 18.5 Å². The topological polar surface area (TPSA) is 112 Å². The number of nitrogens with one attached hydrogen (secondary N) is 1. The molecule has 0 amide bonds. The molecule has 0 aliphatic carbocycles. The van der Waals surface area contributed by atoms with E-state index in [2.05, 4.69) is 20.3 Å². The van der Waals surface area contributed by atoms with Gasteiger partial charge in [-0.1, -0.05) is 17.7 Å². The predicted molar refractivity (Wildman–Crippen MR) is 105 cm³/mol. The Kier molecular flexibility index (Phi) is 6.18. The number of rotatable bonds is 7. The minimum Gasteiger partial charge on any atom is -0.479 e. The second kappa shape index (κ2) is 8.96. The summed E-state index contributed by atoms with van der Waals surface area (Å²) in [5.74, 6) is -0.241. The Bertz CT molecular complexity index is 980. The maximum absolute atomic E-state index is 12.9. The fourth-order valence-electron chi connectivity index (χ4n) is 2.34. The zero-order valence-corrected chi connectivity index (χ0v) is 15.9. The van der Waals surface area contributed by atoms with E-state index in [0.29, 0.717) is 5.75 Å². The number of benzene rings is 2. The van der Waals surface area contributed by atoms with Crippen molar-refractivity contribution in [2.24, 2.45) is 0 Å². The number of halogens is 1. The summed E-state index contributed by atoms with van der Waals surface area (Å²) in [6.07, 6.45) is -0.898. The van der Waals surface area contributed by atoms with E-state index in [0.717, 1.165) is 11.3 Å². The van der Waals surface area contributed by atoms with Crippen LogP contribution in [0.3, 0.4) is 0 Å². The molecule has 150 valence electrons. The summed E-state index contributed by atoms with van der Waals surface area (Å²) in [6, 6.07) is 13.0. The van der Waals surface area contributed by atoms with Gasteiger partial charge in [-0.2, -0.15) is 15.0 Å². The van der Waals surface area contributed by atoms with E-state index < -0.39 is 17.9 Å². The van der Waals surface area contributed by atoms with Gasteiger partial charge in [-0.25, -0.2) is 9.18 Å². The Morgan fingerprint density at radius 2 is 1.79 bits per heavy atom. The van der Waals surface area contributed by atoms with Crippen molar-refractivity contribution in [1.82, 2.24) is 15.0 Å². The summed E-state index contributed by atoms with van der Waals surface area (Å²) < 4.78 is 23.5. The van der Waals surface area contributed by atoms with Gasteiger partial charge in [-0.05, 0) is 50.2 Å². The number of ether oxygens (including phenoxy) is 2. The molecule has 0 saturated carbocycles. The van der Waals surface area contributed by atoms with Crippen molar-refractivity contribution in [3.8, 4) is 5.75 Å². The molecule has 3 aromatic rings. The molecule has 1 aromatic heterocycles. The third-order valence-electron chi connectivity index (χ3n) is 3.81. The molecule has 3 N–H and O–H groups in total. The van der Waals surface area contributed by atoms with Crippen molar-refractivity contribution in [2.75, 3.05) is 11.1 Å². The summed E-state index contributed by atoms with van der Waals surface area (Å²) in [5.41, 5.74) is 7.62. The zero-order valence-electron chi connectivity index (χ0n) is 15.9. The quantitative estimate of drug-likeness (QED) is 0.585. The highest BCUT2D eigenvalue weighted by atomic mass is 19.1. The first-order valence-corrected chi connectivity index (χ1v) is 8.82. The van der Waals surface area contributed by atoms with Gasteiger partial charge in [-0.15, -0.1) is 0 Å². The molecule has 8 nitrogen and oxygen atoms in total. The summed E-state index contributed by atoms with van der Waals surface area (Å²) in [6.45, 7) is 3.31. The van der Waals surface area contributed by atoms with Crippen LogP contribution < -0.4 is 15.8 Å². The number of hydrogen-bond acceptors (Lipinski definition) is 8. The molecule has 1 atom stereocenters. The summed E-state index contributed by atoms with van der Waals surface area (Å²) in [7, 11) is 0.